The highest BCUT2D eigenvalue weighted by Gasteiger charge is 2.33. The summed E-state index contributed by atoms with van der Waals surface area (Å²) < 4.78 is 44.6. The first-order chi connectivity index (χ1) is 9.91. The van der Waals surface area contributed by atoms with E-state index in [1.165, 1.54) is 12.1 Å². The van der Waals surface area contributed by atoms with Crippen LogP contribution in [0.3, 0.4) is 0 Å². The summed E-state index contributed by atoms with van der Waals surface area (Å²) in [4.78, 5) is 0. The first-order valence-corrected chi connectivity index (χ1v) is 6.93. The van der Waals surface area contributed by atoms with Gasteiger partial charge in [0.05, 0.1) is 12.7 Å². The number of anilines is 1. The zero-order chi connectivity index (χ0) is 15.5. The predicted molar refractivity (Wildman–Crippen MR) is 79.5 cm³/mol. The van der Waals surface area contributed by atoms with E-state index in [-0.39, 0.29) is 12.2 Å². The van der Waals surface area contributed by atoms with Crippen LogP contribution >= 0.6 is 15.9 Å². The van der Waals surface area contributed by atoms with Crippen LogP contribution in [0.15, 0.2) is 46.9 Å². The largest absolute Gasteiger partial charge is 0.497 e. The van der Waals surface area contributed by atoms with E-state index >= 15 is 0 Å². The third-order valence-electron chi connectivity index (χ3n) is 2.95. The van der Waals surface area contributed by atoms with Crippen LogP contribution in [0.1, 0.15) is 11.1 Å². The van der Waals surface area contributed by atoms with Crippen molar-refractivity contribution in [2.75, 3.05) is 12.4 Å². The Hall–Kier alpha value is -1.69. The number of rotatable bonds is 4. The Morgan fingerprint density at radius 1 is 1.14 bits per heavy atom. The SMILES string of the molecule is COc1ccc(Br)c(CNc2ccccc2C(F)(F)F)c1. The van der Waals surface area contributed by atoms with Crippen molar-refractivity contribution in [3.05, 3.63) is 58.1 Å². The van der Waals surface area contributed by atoms with Crippen LogP contribution in [0.25, 0.3) is 0 Å². The number of hydrogen-bond acceptors (Lipinski definition) is 2. The number of para-hydroxylation sites is 1. The minimum Gasteiger partial charge on any atom is -0.497 e. The first-order valence-electron chi connectivity index (χ1n) is 6.14. The minimum absolute atomic E-state index is 0.0553. The van der Waals surface area contributed by atoms with Gasteiger partial charge in [-0.15, -0.1) is 0 Å². The third kappa shape index (κ3) is 3.91. The van der Waals surface area contributed by atoms with Crippen LogP contribution in [-0.4, -0.2) is 7.11 Å². The molecule has 0 aliphatic carbocycles. The van der Waals surface area contributed by atoms with Gasteiger partial charge in [0.2, 0.25) is 0 Å². The summed E-state index contributed by atoms with van der Waals surface area (Å²) in [5.74, 6) is 0.652. The third-order valence-corrected chi connectivity index (χ3v) is 3.73. The highest BCUT2D eigenvalue weighted by molar-refractivity contribution is 9.10. The molecular weight excluding hydrogens is 347 g/mol. The van der Waals surface area contributed by atoms with Gasteiger partial charge in [-0.25, -0.2) is 0 Å². The molecule has 1 N–H and O–H groups in total. The lowest BCUT2D eigenvalue weighted by Crippen LogP contribution is -2.10. The molecule has 0 spiro atoms. The second-order valence-electron chi connectivity index (χ2n) is 4.35. The molecule has 0 radical (unpaired) electrons. The van der Waals surface area contributed by atoms with E-state index in [9.17, 15) is 13.2 Å². The van der Waals surface area contributed by atoms with Crippen LogP contribution in [-0.2, 0) is 12.7 Å². The summed E-state index contributed by atoms with van der Waals surface area (Å²) >= 11 is 3.37. The second kappa shape index (κ2) is 6.39. The van der Waals surface area contributed by atoms with Crippen molar-refractivity contribution >= 4 is 21.6 Å². The van der Waals surface area contributed by atoms with E-state index in [4.69, 9.17) is 4.74 Å². The van der Waals surface area contributed by atoms with Crippen molar-refractivity contribution in [3.63, 3.8) is 0 Å². The van der Waals surface area contributed by atoms with Gasteiger partial charge in [0.25, 0.3) is 0 Å². The number of hydrogen-bond donors (Lipinski definition) is 1. The first kappa shape index (κ1) is 15.7. The number of nitrogens with one attached hydrogen (secondary N) is 1. The zero-order valence-corrected chi connectivity index (χ0v) is 12.8. The maximum atomic E-state index is 12.9. The molecule has 0 aliphatic heterocycles. The lowest BCUT2D eigenvalue weighted by atomic mass is 10.1. The Balaban J connectivity index is 2.21. The summed E-state index contributed by atoms with van der Waals surface area (Å²) in [6.45, 7) is 0.255. The average molecular weight is 360 g/mol. The summed E-state index contributed by atoms with van der Waals surface area (Å²) in [7, 11) is 1.54. The second-order valence-corrected chi connectivity index (χ2v) is 5.21. The maximum Gasteiger partial charge on any atom is 0.418 e. The van der Waals surface area contributed by atoms with E-state index in [0.717, 1.165) is 16.1 Å². The lowest BCUT2D eigenvalue weighted by molar-refractivity contribution is -0.136. The van der Waals surface area contributed by atoms with Crippen molar-refractivity contribution in [2.24, 2.45) is 0 Å². The summed E-state index contributed by atoms with van der Waals surface area (Å²) in [6.07, 6.45) is -4.38. The Labute approximate surface area is 129 Å². The maximum absolute atomic E-state index is 12.9. The average Bonchev–Trinajstić information content (AvgIpc) is 2.46. The predicted octanol–water partition coefficient (Wildman–Crippen LogP) is 5.09. The molecule has 2 rings (SSSR count). The van der Waals surface area contributed by atoms with E-state index in [2.05, 4.69) is 21.2 Å². The topological polar surface area (TPSA) is 21.3 Å². The molecular formula is C15H13BrF3NO. The molecule has 0 saturated heterocycles. The molecule has 0 unspecified atom stereocenters. The van der Waals surface area contributed by atoms with E-state index < -0.39 is 11.7 Å². The summed E-state index contributed by atoms with van der Waals surface area (Å²) in [6, 6.07) is 10.8. The van der Waals surface area contributed by atoms with Crippen LogP contribution in [0.2, 0.25) is 0 Å². The molecule has 0 bridgehead atoms. The van der Waals surface area contributed by atoms with Gasteiger partial charge in [0.15, 0.2) is 0 Å². The van der Waals surface area contributed by atoms with E-state index in [0.29, 0.717) is 5.75 Å². The molecule has 0 atom stereocenters. The molecule has 2 aromatic carbocycles. The van der Waals surface area contributed by atoms with Gasteiger partial charge in [0.1, 0.15) is 5.75 Å². The molecule has 2 nitrogen and oxygen atoms in total. The van der Waals surface area contributed by atoms with Gasteiger partial charge in [-0.2, -0.15) is 13.2 Å². The van der Waals surface area contributed by atoms with Crippen LogP contribution < -0.4 is 10.1 Å². The van der Waals surface area contributed by atoms with Gasteiger partial charge in [-0.05, 0) is 35.9 Å². The van der Waals surface area contributed by atoms with Gasteiger partial charge in [-0.3, -0.25) is 0 Å². The number of ether oxygens (including phenoxy) is 1. The van der Waals surface area contributed by atoms with Crippen molar-refractivity contribution < 1.29 is 17.9 Å². The molecule has 2 aromatic rings. The lowest BCUT2D eigenvalue weighted by Gasteiger charge is -2.15. The molecule has 0 saturated carbocycles. The number of methoxy groups -OCH3 is 1. The smallest absolute Gasteiger partial charge is 0.418 e. The molecule has 0 amide bonds. The fraction of sp³-hybridized carbons (Fsp3) is 0.200. The zero-order valence-electron chi connectivity index (χ0n) is 11.2. The van der Waals surface area contributed by atoms with Crippen LogP contribution in [0.5, 0.6) is 5.75 Å². The Kier molecular flexibility index (Phi) is 4.77. The highest BCUT2D eigenvalue weighted by atomic mass is 79.9. The molecule has 6 heteroatoms. The minimum atomic E-state index is -4.38. The number of alkyl halides is 3. The number of benzene rings is 2. The monoisotopic (exact) mass is 359 g/mol. The molecule has 0 fully saturated rings. The molecule has 0 heterocycles. The van der Waals surface area contributed by atoms with E-state index in [1.54, 1.807) is 31.4 Å². The van der Waals surface area contributed by atoms with Gasteiger partial charge >= 0.3 is 6.18 Å². The van der Waals surface area contributed by atoms with Crippen molar-refractivity contribution in [3.8, 4) is 5.75 Å². The van der Waals surface area contributed by atoms with Gasteiger partial charge in [0, 0.05) is 16.7 Å². The summed E-state index contributed by atoms with van der Waals surface area (Å²) in [5, 5.41) is 2.82. The standard InChI is InChI=1S/C15H13BrF3NO/c1-21-11-6-7-13(16)10(8-11)9-20-14-5-3-2-4-12(14)15(17,18)19/h2-8,20H,9H2,1H3. The highest BCUT2D eigenvalue weighted by Crippen LogP contribution is 2.35. The quantitative estimate of drug-likeness (QED) is 0.820. The van der Waals surface area contributed by atoms with Gasteiger partial charge < -0.3 is 10.1 Å². The molecule has 21 heavy (non-hydrogen) atoms. The summed E-state index contributed by atoms with van der Waals surface area (Å²) in [5.41, 5.74) is 0.190. The Bertz CT molecular complexity index is 629. The van der Waals surface area contributed by atoms with Crippen LogP contribution in [0.4, 0.5) is 18.9 Å². The van der Waals surface area contributed by atoms with Gasteiger partial charge in [-0.1, -0.05) is 28.1 Å². The fourth-order valence-corrected chi connectivity index (χ4v) is 2.28. The normalized spacial score (nSPS) is 11.3. The molecule has 0 aromatic heterocycles. The Morgan fingerprint density at radius 2 is 1.86 bits per heavy atom. The van der Waals surface area contributed by atoms with Crippen molar-refractivity contribution in [1.29, 1.82) is 0 Å². The van der Waals surface area contributed by atoms with Crippen LogP contribution in [0, 0.1) is 0 Å². The van der Waals surface area contributed by atoms with Crippen molar-refractivity contribution in [1.82, 2.24) is 0 Å². The molecule has 0 aliphatic rings. The number of halogens is 4. The fourth-order valence-electron chi connectivity index (χ4n) is 1.89. The van der Waals surface area contributed by atoms with E-state index in [1.807, 2.05) is 0 Å². The van der Waals surface area contributed by atoms with Crippen molar-refractivity contribution in [2.45, 2.75) is 12.7 Å². The Morgan fingerprint density at radius 3 is 2.52 bits per heavy atom. The molecule has 112 valence electrons.